The van der Waals surface area contributed by atoms with Crippen molar-refractivity contribution >= 4 is 0 Å². The third-order valence-corrected chi connectivity index (χ3v) is 2.45. The summed E-state index contributed by atoms with van der Waals surface area (Å²) >= 11 is 0. The van der Waals surface area contributed by atoms with Gasteiger partial charge in [0.2, 0.25) is 0 Å². The van der Waals surface area contributed by atoms with Gasteiger partial charge in [-0.05, 0) is 27.2 Å². The van der Waals surface area contributed by atoms with Crippen LogP contribution in [0.15, 0.2) is 0 Å². The molecule has 0 aromatic heterocycles. The Bertz CT molecular complexity index is 163. The molecule has 1 fully saturated rings. The molecule has 1 rings (SSSR count). The zero-order valence-electron chi connectivity index (χ0n) is 9.50. The average molecular weight is 186 g/mol. The summed E-state index contributed by atoms with van der Waals surface area (Å²) in [6, 6.07) is 0. The second kappa shape index (κ2) is 3.95. The van der Waals surface area contributed by atoms with E-state index in [2.05, 4.69) is 25.7 Å². The molecular weight excluding hydrogens is 164 g/mol. The van der Waals surface area contributed by atoms with Gasteiger partial charge in [-0.1, -0.05) is 0 Å². The first-order valence-corrected chi connectivity index (χ1v) is 4.99. The van der Waals surface area contributed by atoms with Gasteiger partial charge >= 0.3 is 0 Å². The summed E-state index contributed by atoms with van der Waals surface area (Å²) in [7, 11) is 3.89. The van der Waals surface area contributed by atoms with Gasteiger partial charge < -0.3 is 0 Å². The smallest absolute Gasteiger partial charge is 0.0931 e. The summed E-state index contributed by atoms with van der Waals surface area (Å²) in [6.07, 6.45) is 1.53. The van der Waals surface area contributed by atoms with Gasteiger partial charge in [0.25, 0.3) is 0 Å². The molecule has 78 valence electrons. The Morgan fingerprint density at radius 2 is 1.92 bits per heavy atom. The second-order valence-corrected chi connectivity index (χ2v) is 4.95. The van der Waals surface area contributed by atoms with E-state index in [0.29, 0.717) is 6.10 Å². The summed E-state index contributed by atoms with van der Waals surface area (Å²) in [5.41, 5.74) is 0.282. The van der Waals surface area contributed by atoms with Crippen LogP contribution in [0.5, 0.6) is 0 Å². The molecule has 0 unspecified atom stereocenters. The summed E-state index contributed by atoms with van der Waals surface area (Å²) < 4.78 is 0. The van der Waals surface area contributed by atoms with Crippen molar-refractivity contribution in [2.45, 2.75) is 38.8 Å². The highest BCUT2D eigenvalue weighted by Crippen LogP contribution is 2.22. The summed E-state index contributed by atoms with van der Waals surface area (Å²) in [4.78, 5) is 8.10. The zero-order chi connectivity index (χ0) is 10.1. The Labute approximate surface area is 81.6 Å². The van der Waals surface area contributed by atoms with Crippen molar-refractivity contribution in [1.29, 1.82) is 0 Å². The third kappa shape index (κ3) is 3.25. The van der Waals surface area contributed by atoms with E-state index < -0.39 is 0 Å². The van der Waals surface area contributed by atoms with E-state index in [1.165, 1.54) is 0 Å². The quantitative estimate of drug-likeness (QED) is 0.605. The van der Waals surface area contributed by atoms with Crippen molar-refractivity contribution in [2.24, 2.45) is 0 Å². The fourth-order valence-electron chi connectivity index (χ4n) is 1.72. The molecule has 3 nitrogen and oxygen atoms in total. The van der Waals surface area contributed by atoms with Crippen molar-refractivity contribution in [3.8, 4) is 0 Å². The van der Waals surface area contributed by atoms with E-state index in [1.54, 1.807) is 5.06 Å². The molecule has 1 heterocycles. The molecule has 1 aliphatic heterocycles. The Morgan fingerprint density at radius 1 is 1.31 bits per heavy atom. The highest BCUT2D eigenvalue weighted by atomic mass is 16.7. The Balaban J connectivity index is 2.36. The molecule has 0 aromatic carbocycles. The van der Waals surface area contributed by atoms with Crippen molar-refractivity contribution in [3.63, 3.8) is 0 Å². The van der Waals surface area contributed by atoms with Crippen molar-refractivity contribution < 1.29 is 4.84 Å². The lowest BCUT2D eigenvalue weighted by molar-refractivity contribution is -0.160. The van der Waals surface area contributed by atoms with Gasteiger partial charge in [-0.25, -0.2) is 0 Å². The van der Waals surface area contributed by atoms with Gasteiger partial charge in [-0.3, -0.25) is 9.74 Å². The van der Waals surface area contributed by atoms with Crippen molar-refractivity contribution in [2.75, 3.05) is 27.2 Å². The topological polar surface area (TPSA) is 15.7 Å². The summed E-state index contributed by atoms with van der Waals surface area (Å²) in [5.74, 6) is 0. The maximum absolute atomic E-state index is 5.63. The minimum atomic E-state index is 0.282. The van der Waals surface area contributed by atoms with Gasteiger partial charge in [-0.2, -0.15) is 5.06 Å². The zero-order valence-corrected chi connectivity index (χ0v) is 9.50. The molecule has 1 aliphatic rings. The van der Waals surface area contributed by atoms with Gasteiger partial charge in [0.05, 0.1) is 6.10 Å². The Morgan fingerprint density at radius 3 is 2.31 bits per heavy atom. The molecule has 13 heavy (non-hydrogen) atoms. The number of hydrogen-bond donors (Lipinski definition) is 0. The van der Waals surface area contributed by atoms with Crippen LogP contribution < -0.4 is 0 Å². The highest BCUT2D eigenvalue weighted by molar-refractivity contribution is 4.84. The number of rotatable bonds is 2. The van der Waals surface area contributed by atoms with E-state index in [4.69, 9.17) is 4.84 Å². The minimum absolute atomic E-state index is 0.282. The van der Waals surface area contributed by atoms with Gasteiger partial charge in [0, 0.05) is 32.7 Å². The largest absolute Gasteiger partial charge is 0.296 e. The molecule has 0 spiro atoms. The third-order valence-electron chi connectivity index (χ3n) is 2.45. The van der Waals surface area contributed by atoms with Gasteiger partial charge in [-0.15, -0.1) is 0 Å². The molecule has 0 amide bonds. The van der Waals surface area contributed by atoms with Crippen LogP contribution in [0.1, 0.15) is 27.2 Å². The predicted octanol–water partition coefficient (Wildman–Crippen LogP) is 1.35. The highest BCUT2D eigenvalue weighted by Gasteiger charge is 2.31. The Hall–Kier alpha value is -0.120. The van der Waals surface area contributed by atoms with E-state index in [9.17, 15) is 0 Å². The predicted molar refractivity (Wildman–Crippen MR) is 54.5 cm³/mol. The van der Waals surface area contributed by atoms with E-state index in [0.717, 1.165) is 19.5 Å². The number of hydrogen-bond acceptors (Lipinski definition) is 3. The number of likely N-dealkylation sites (tertiary alicyclic amines) is 1. The maximum Gasteiger partial charge on any atom is 0.0931 e. The van der Waals surface area contributed by atoms with E-state index in [-0.39, 0.29) is 5.54 Å². The lowest BCUT2D eigenvalue weighted by Crippen LogP contribution is -2.40. The minimum Gasteiger partial charge on any atom is -0.296 e. The van der Waals surface area contributed by atoms with Crippen LogP contribution in [0.2, 0.25) is 0 Å². The van der Waals surface area contributed by atoms with E-state index in [1.807, 2.05) is 14.1 Å². The fourth-order valence-corrected chi connectivity index (χ4v) is 1.72. The molecule has 1 atom stereocenters. The Kier molecular flexibility index (Phi) is 3.33. The van der Waals surface area contributed by atoms with Crippen LogP contribution in [0.3, 0.4) is 0 Å². The van der Waals surface area contributed by atoms with Crippen molar-refractivity contribution in [3.05, 3.63) is 0 Å². The van der Waals surface area contributed by atoms with E-state index >= 15 is 0 Å². The summed E-state index contributed by atoms with van der Waals surface area (Å²) in [5, 5.41) is 1.80. The first-order valence-electron chi connectivity index (χ1n) is 4.99. The molecule has 0 bridgehead atoms. The molecule has 0 radical (unpaired) electrons. The maximum atomic E-state index is 5.63. The first kappa shape index (κ1) is 11.0. The molecular formula is C10H22N2O. The number of hydroxylamine groups is 2. The summed E-state index contributed by atoms with van der Waals surface area (Å²) in [6.45, 7) is 8.98. The molecule has 0 saturated carbocycles. The van der Waals surface area contributed by atoms with Gasteiger partial charge in [0.1, 0.15) is 0 Å². The lowest BCUT2D eigenvalue weighted by atomic mass is 10.1. The molecule has 1 saturated heterocycles. The van der Waals surface area contributed by atoms with Crippen LogP contribution in [0.4, 0.5) is 0 Å². The standard InChI is InChI=1S/C10H22N2O/c1-10(2,3)12-7-6-9(8-12)13-11(4)5/h9H,6-8H2,1-5H3/t9-/m1/s1. The SMILES string of the molecule is CN(C)O[C@@H]1CCN(C(C)(C)C)C1. The monoisotopic (exact) mass is 186 g/mol. The van der Waals surface area contributed by atoms with Crippen molar-refractivity contribution in [1.82, 2.24) is 9.96 Å². The number of nitrogens with zero attached hydrogens (tertiary/aromatic N) is 2. The normalized spacial score (nSPS) is 25.8. The van der Waals surface area contributed by atoms with Gasteiger partial charge in [0.15, 0.2) is 0 Å². The lowest BCUT2D eigenvalue weighted by Gasteiger charge is -2.31. The first-order chi connectivity index (χ1) is 5.89. The molecule has 0 N–H and O–H groups in total. The van der Waals surface area contributed by atoms with Crippen LogP contribution in [0, 0.1) is 0 Å². The second-order valence-electron chi connectivity index (χ2n) is 4.95. The molecule has 0 aromatic rings. The average Bonchev–Trinajstić information content (AvgIpc) is 2.32. The van der Waals surface area contributed by atoms with Crippen LogP contribution in [-0.2, 0) is 4.84 Å². The van der Waals surface area contributed by atoms with Crippen LogP contribution in [0.25, 0.3) is 0 Å². The molecule has 0 aliphatic carbocycles. The molecule has 3 heteroatoms. The fraction of sp³-hybridized carbons (Fsp3) is 1.00. The van der Waals surface area contributed by atoms with Crippen LogP contribution >= 0.6 is 0 Å². The van der Waals surface area contributed by atoms with Crippen LogP contribution in [-0.4, -0.2) is 48.8 Å².